The van der Waals surface area contributed by atoms with E-state index in [1.807, 2.05) is 44.3 Å². The summed E-state index contributed by atoms with van der Waals surface area (Å²) in [6.45, 7) is 2.71. The zero-order valence-corrected chi connectivity index (χ0v) is 13.6. The van der Waals surface area contributed by atoms with Crippen molar-refractivity contribution in [3.05, 3.63) is 30.3 Å². The fourth-order valence-electron chi connectivity index (χ4n) is 2.49. The molecule has 1 aliphatic rings. The number of likely N-dealkylation sites (N-methyl/N-ethyl adjacent to an activating group) is 1. The number of nitrogens with zero attached hydrogens (tertiary/aromatic N) is 2. The Hall–Kier alpha value is -2.37. The molecule has 6 heteroatoms. The second-order valence-electron chi connectivity index (χ2n) is 5.79. The third-order valence-corrected chi connectivity index (χ3v) is 4.14. The molecule has 0 bridgehead atoms. The molecular weight excluding hydrogens is 294 g/mol. The number of hydrogen-bond donors (Lipinski definition) is 1. The van der Waals surface area contributed by atoms with Gasteiger partial charge in [0.05, 0.1) is 0 Å². The summed E-state index contributed by atoms with van der Waals surface area (Å²) in [6, 6.07) is 10.1. The summed E-state index contributed by atoms with van der Waals surface area (Å²) >= 11 is 0. The van der Waals surface area contributed by atoms with Crippen LogP contribution >= 0.6 is 0 Å². The summed E-state index contributed by atoms with van der Waals surface area (Å²) in [5, 5.41) is 2.86. The molecule has 1 aromatic rings. The molecule has 1 saturated heterocycles. The largest absolute Gasteiger partial charge is 0.370 e. The first kappa shape index (κ1) is 17.0. The van der Waals surface area contributed by atoms with E-state index in [1.54, 1.807) is 0 Å². The minimum absolute atomic E-state index is 0.136. The predicted octanol–water partition coefficient (Wildman–Crippen LogP) is 1.17. The van der Waals surface area contributed by atoms with Gasteiger partial charge in [-0.1, -0.05) is 18.2 Å². The number of carbonyl (C=O) groups excluding carboxylic acids is 3. The van der Waals surface area contributed by atoms with Crippen molar-refractivity contribution in [2.75, 3.05) is 25.0 Å². The minimum atomic E-state index is -0.181. The summed E-state index contributed by atoms with van der Waals surface area (Å²) in [7, 11) is 1.98. The molecule has 1 heterocycles. The average molecular weight is 317 g/mol. The molecule has 0 saturated carbocycles. The van der Waals surface area contributed by atoms with Crippen LogP contribution in [-0.4, -0.2) is 48.8 Å². The van der Waals surface area contributed by atoms with Gasteiger partial charge in [-0.3, -0.25) is 19.3 Å². The van der Waals surface area contributed by atoms with E-state index in [0.717, 1.165) is 5.69 Å². The smallest absolute Gasteiger partial charge is 0.229 e. The lowest BCUT2D eigenvalue weighted by molar-refractivity contribution is -0.138. The number of hydrogen-bond acceptors (Lipinski definition) is 4. The van der Waals surface area contributed by atoms with Gasteiger partial charge in [-0.25, -0.2) is 0 Å². The van der Waals surface area contributed by atoms with Crippen LogP contribution in [0.1, 0.15) is 26.2 Å². The van der Waals surface area contributed by atoms with Gasteiger partial charge < -0.3 is 10.2 Å². The van der Waals surface area contributed by atoms with Crippen molar-refractivity contribution in [1.82, 2.24) is 10.2 Å². The van der Waals surface area contributed by atoms with Crippen LogP contribution in [-0.2, 0) is 14.4 Å². The highest BCUT2D eigenvalue weighted by atomic mass is 16.2. The van der Waals surface area contributed by atoms with Crippen molar-refractivity contribution in [3.8, 4) is 0 Å². The fourth-order valence-corrected chi connectivity index (χ4v) is 2.49. The van der Waals surface area contributed by atoms with Crippen LogP contribution in [0.3, 0.4) is 0 Å². The quantitative estimate of drug-likeness (QED) is 0.766. The van der Waals surface area contributed by atoms with Crippen molar-refractivity contribution in [2.24, 2.45) is 0 Å². The molecule has 0 spiro atoms. The molecule has 2 rings (SSSR count). The second-order valence-corrected chi connectivity index (χ2v) is 5.79. The minimum Gasteiger partial charge on any atom is -0.370 e. The summed E-state index contributed by atoms with van der Waals surface area (Å²) in [6.07, 6.45) is 0.679. The maximum absolute atomic E-state index is 11.9. The van der Waals surface area contributed by atoms with Crippen LogP contribution in [0.25, 0.3) is 0 Å². The van der Waals surface area contributed by atoms with E-state index < -0.39 is 0 Å². The molecule has 23 heavy (non-hydrogen) atoms. The van der Waals surface area contributed by atoms with E-state index >= 15 is 0 Å². The summed E-state index contributed by atoms with van der Waals surface area (Å²) in [5.41, 5.74) is 1.09. The fraction of sp³-hybridized carbons (Fsp3) is 0.471. The Balaban J connectivity index is 1.73. The Bertz CT molecular complexity index is 558. The molecule has 6 nitrogen and oxygen atoms in total. The molecule has 1 unspecified atom stereocenters. The Morgan fingerprint density at radius 3 is 2.43 bits per heavy atom. The zero-order valence-electron chi connectivity index (χ0n) is 13.6. The zero-order chi connectivity index (χ0) is 16.8. The van der Waals surface area contributed by atoms with Crippen molar-refractivity contribution >= 4 is 23.4 Å². The van der Waals surface area contributed by atoms with Gasteiger partial charge >= 0.3 is 0 Å². The first-order valence-electron chi connectivity index (χ1n) is 7.87. The van der Waals surface area contributed by atoms with Crippen LogP contribution in [0.2, 0.25) is 0 Å². The molecule has 1 N–H and O–H groups in total. The number of likely N-dealkylation sites (tertiary alicyclic amines) is 1. The van der Waals surface area contributed by atoms with E-state index in [9.17, 15) is 14.4 Å². The molecule has 0 radical (unpaired) electrons. The van der Waals surface area contributed by atoms with E-state index in [-0.39, 0.29) is 49.6 Å². The van der Waals surface area contributed by atoms with Crippen LogP contribution in [0.4, 0.5) is 5.69 Å². The Labute approximate surface area is 136 Å². The van der Waals surface area contributed by atoms with Crippen molar-refractivity contribution in [3.63, 3.8) is 0 Å². The molecule has 3 amide bonds. The van der Waals surface area contributed by atoms with Crippen LogP contribution < -0.4 is 10.2 Å². The highest BCUT2D eigenvalue weighted by molar-refractivity contribution is 6.02. The first-order valence-corrected chi connectivity index (χ1v) is 7.87. The number of imide groups is 1. The molecular formula is C17H23N3O3. The Morgan fingerprint density at radius 2 is 1.83 bits per heavy atom. The van der Waals surface area contributed by atoms with Gasteiger partial charge in [-0.15, -0.1) is 0 Å². The van der Waals surface area contributed by atoms with Gasteiger partial charge in [0, 0.05) is 51.1 Å². The Morgan fingerprint density at radius 1 is 1.22 bits per heavy atom. The number of nitrogens with one attached hydrogen (secondary N) is 1. The topological polar surface area (TPSA) is 69.7 Å². The van der Waals surface area contributed by atoms with E-state index in [2.05, 4.69) is 10.2 Å². The van der Waals surface area contributed by atoms with E-state index in [1.165, 1.54) is 4.90 Å². The lowest BCUT2D eigenvalue weighted by Gasteiger charge is -2.27. The number of rotatable bonds is 7. The first-order chi connectivity index (χ1) is 11.0. The van der Waals surface area contributed by atoms with Crippen LogP contribution in [0, 0.1) is 0 Å². The molecule has 1 atom stereocenters. The summed E-state index contributed by atoms with van der Waals surface area (Å²) in [4.78, 5) is 38.1. The molecule has 1 fully saturated rings. The highest BCUT2D eigenvalue weighted by Crippen LogP contribution is 2.14. The van der Waals surface area contributed by atoms with Gasteiger partial charge in [0.1, 0.15) is 0 Å². The lowest BCUT2D eigenvalue weighted by Crippen LogP contribution is -2.41. The maximum atomic E-state index is 11.9. The second kappa shape index (κ2) is 7.76. The number of benzene rings is 1. The number of para-hydroxylation sites is 1. The third-order valence-electron chi connectivity index (χ3n) is 4.14. The number of carbonyl (C=O) groups is 3. The molecule has 124 valence electrons. The van der Waals surface area contributed by atoms with Gasteiger partial charge in [0.25, 0.3) is 0 Å². The van der Waals surface area contributed by atoms with Gasteiger partial charge in [0.2, 0.25) is 17.7 Å². The predicted molar refractivity (Wildman–Crippen MR) is 87.9 cm³/mol. The molecule has 1 aromatic carbocycles. The van der Waals surface area contributed by atoms with Crippen LogP contribution in [0.15, 0.2) is 30.3 Å². The number of anilines is 1. The maximum Gasteiger partial charge on any atom is 0.229 e. The lowest BCUT2D eigenvalue weighted by atomic mass is 10.2. The van der Waals surface area contributed by atoms with Crippen molar-refractivity contribution in [1.29, 1.82) is 0 Å². The standard InChI is InChI=1S/C17H23N3O3/c1-13(19(2)14-6-4-3-5-7-14)12-18-15(21)10-11-20-16(22)8-9-17(20)23/h3-7,13H,8-12H2,1-2H3,(H,18,21). The molecule has 0 aliphatic carbocycles. The Kier molecular flexibility index (Phi) is 5.73. The highest BCUT2D eigenvalue weighted by Gasteiger charge is 2.28. The summed E-state index contributed by atoms with van der Waals surface area (Å²) in [5.74, 6) is -0.509. The average Bonchev–Trinajstić information content (AvgIpc) is 2.89. The molecule has 0 aromatic heterocycles. The SMILES string of the molecule is CC(CNC(=O)CCN1C(=O)CCC1=O)N(C)c1ccccc1. The van der Waals surface area contributed by atoms with Gasteiger partial charge in [0.15, 0.2) is 0 Å². The van der Waals surface area contributed by atoms with Crippen molar-refractivity contribution < 1.29 is 14.4 Å². The summed E-state index contributed by atoms with van der Waals surface area (Å²) < 4.78 is 0. The molecule has 1 aliphatic heterocycles. The normalized spacial score (nSPS) is 15.7. The van der Waals surface area contributed by atoms with Gasteiger partial charge in [-0.05, 0) is 19.1 Å². The van der Waals surface area contributed by atoms with Gasteiger partial charge in [-0.2, -0.15) is 0 Å². The number of amides is 3. The van der Waals surface area contributed by atoms with E-state index in [4.69, 9.17) is 0 Å². The monoisotopic (exact) mass is 317 g/mol. The van der Waals surface area contributed by atoms with E-state index in [0.29, 0.717) is 6.54 Å². The third kappa shape index (κ3) is 4.55. The van der Waals surface area contributed by atoms with Crippen molar-refractivity contribution in [2.45, 2.75) is 32.2 Å². The van der Waals surface area contributed by atoms with Crippen LogP contribution in [0.5, 0.6) is 0 Å².